The van der Waals surface area contributed by atoms with Gasteiger partial charge >= 0.3 is 5.97 Å². The molecular formula is C19H27N3O5. The van der Waals surface area contributed by atoms with Crippen molar-refractivity contribution in [3.05, 3.63) is 23.2 Å². The van der Waals surface area contributed by atoms with Crippen LogP contribution in [0.3, 0.4) is 0 Å². The van der Waals surface area contributed by atoms with Crippen LogP contribution in [0.2, 0.25) is 0 Å². The van der Waals surface area contributed by atoms with Crippen LogP contribution < -0.4 is 0 Å². The van der Waals surface area contributed by atoms with Crippen LogP contribution in [-0.2, 0) is 22.6 Å². The van der Waals surface area contributed by atoms with Crippen LogP contribution in [0.25, 0.3) is 0 Å². The Balaban J connectivity index is 1.72. The van der Waals surface area contributed by atoms with E-state index in [1.165, 1.54) is 22.6 Å². The highest BCUT2D eigenvalue weighted by Crippen LogP contribution is 2.23. The first-order valence-corrected chi connectivity index (χ1v) is 9.56. The Morgan fingerprint density at radius 2 is 1.93 bits per heavy atom. The van der Waals surface area contributed by atoms with Crippen molar-refractivity contribution in [2.75, 3.05) is 32.7 Å². The van der Waals surface area contributed by atoms with E-state index in [9.17, 15) is 14.4 Å². The molecule has 2 saturated heterocycles. The summed E-state index contributed by atoms with van der Waals surface area (Å²) in [6.07, 6.45) is 3.11. The van der Waals surface area contributed by atoms with E-state index in [4.69, 9.17) is 9.52 Å². The number of carboxylic acids is 1. The monoisotopic (exact) mass is 377 g/mol. The van der Waals surface area contributed by atoms with Gasteiger partial charge in [0.2, 0.25) is 5.91 Å². The lowest BCUT2D eigenvalue weighted by Gasteiger charge is -2.38. The summed E-state index contributed by atoms with van der Waals surface area (Å²) in [7, 11) is 0. The molecule has 8 nitrogen and oxygen atoms in total. The van der Waals surface area contributed by atoms with Gasteiger partial charge in [-0.15, -0.1) is 0 Å². The molecule has 27 heavy (non-hydrogen) atoms. The van der Waals surface area contributed by atoms with Crippen molar-refractivity contribution in [2.45, 2.75) is 45.7 Å². The van der Waals surface area contributed by atoms with E-state index in [2.05, 4.69) is 4.90 Å². The Bertz CT molecular complexity index is 723. The molecule has 0 spiro atoms. The molecule has 0 radical (unpaired) electrons. The number of aryl methyl sites for hydroxylation is 1. The number of carbonyl (C=O) groups is 3. The number of hydrogen-bond acceptors (Lipinski definition) is 5. The van der Waals surface area contributed by atoms with E-state index >= 15 is 0 Å². The number of carboxylic acid groups (broad SMARTS) is 1. The van der Waals surface area contributed by atoms with Gasteiger partial charge in [-0.25, -0.2) is 0 Å². The molecule has 1 aromatic rings. The lowest BCUT2D eigenvalue weighted by molar-refractivity contribution is -0.148. The Labute approximate surface area is 158 Å². The van der Waals surface area contributed by atoms with E-state index in [-0.39, 0.29) is 30.7 Å². The first-order valence-electron chi connectivity index (χ1n) is 9.56. The summed E-state index contributed by atoms with van der Waals surface area (Å²) in [5.74, 6) is -0.647. The molecule has 1 atom stereocenters. The maximum Gasteiger partial charge on any atom is 0.323 e. The summed E-state index contributed by atoms with van der Waals surface area (Å²) in [6, 6.07) is 1.10. The van der Waals surface area contributed by atoms with Gasteiger partial charge in [0, 0.05) is 31.6 Å². The standard InChI is InChI=1S/C19H27N3O5/c1-3-15-14(11-20-6-4-5-7-20)10-16(27-15)19(26)22-9-8-21(12-17(23)24)18(25)13(22)2/h10,13H,3-9,11-12H2,1-2H3,(H,23,24)/t13-/m1/s1. The lowest BCUT2D eigenvalue weighted by Crippen LogP contribution is -2.58. The van der Waals surface area contributed by atoms with Gasteiger partial charge in [-0.05, 0) is 38.9 Å². The van der Waals surface area contributed by atoms with Crippen LogP contribution in [0.4, 0.5) is 0 Å². The summed E-state index contributed by atoms with van der Waals surface area (Å²) in [6.45, 7) is 6.70. The Morgan fingerprint density at radius 3 is 2.56 bits per heavy atom. The van der Waals surface area contributed by atoms with Crippen LogP contribution in [-0.4, -0.2) is 76.4 Å². The first-order chi connectivity index (χ1) is 12.9. The zero-order valence-corrected chi connectivity index (χ0v) is 15.9. The molecule has 8 heteroatoms. The van der Waals surface area contributed by atoms with E-state index in [1.807, 2.05) is 6.92 Å². The number of aliphatic carboxylic acids is 1. The van der Waals surface area contributed by atoms with Crippen molar-refractivity contribution in [2.24, 2.45) is 0 Å². The zero-order chi connectivity index (χ0) is 19.6. The number of piperazine rings is 1. The van der Waals surface area contributed by atoms with Crippen LogP contribution in [0.1, 0.15) is 48.6 Å². The summed E-state index contributed by atoms with van der Waals surface area (Å²) in [4.78, 5) is 41.3. The van der Waals surface area contributed by atoms with Crippen molar-refractivity contribution >= 4 is 17.8 Å². The van der Waals surface area contributed by atoms with Gasteiger partial charge in [-0.3, -0.25) is 19.3 Å². The molecule has 0 unspecified atom stereocenters. The number of nitrogens with zero attached hydrogens (tertiary/aromatic N) is 3. The quantitative estimate of drug-likeness (QED) is 0.800. The van der Waals surface area contributed by atoms with Gasteiger partial charge in [0.15, 0.2) is 5.76 Å². The number of amides is 2. The summed E-state index contributed by atoms with van der Waals surface area (Å²) in [5.41, 5.74) is 1.03. The van der Waals surface area contributed by atoms with Gasteiger partial charge in [-0.2, -0.15) is 0 Å². The fourth-order valence-electron chi connectivity index (χ4n) is 3.86. The number of likely N-dealkylation sites (tertiary alicyclic amines) is 1. The topological polar surface area (TPSA) is 94.3 Å². The molecule has 3 heterocycles. The van der Waals surface area contributed by atoms with E-state index in [0.29, 0.717) is 13.0 Å². The molecule has 0 saturated carbocycles. The van der Waals surface area contributed by atoms with Crippen LogP contribution >= 0.6 is 0 Å². The van der Waals surface area contributed by atoms with Crippen molar-refractivity contribution in [1.29, 1.82) is 0 Å². The minimum absolute atomic E-state index is 0.211. The van der Waals surface area contributed by atoms with E-state index in [0.717, 1.165) is 31.0 Å². The number of rotatable bonds is 6. The van der Waals surface area contributed by atoms with Gasteiger partial charge in [-0.1, -0.05) is 6.92 Å². The van der Waals surface area contributed by atoms with Gasteiger partial charge in [0.05, 0.1) is 0 Å². The second kappa shape index (κ2) is 8.12. The SMILES string of the molecule is CCc1oc(C(=O)N2CCN(CC(=O)O)C(=O)[C@H]2C)cc1CN1CCCC1. The fraction of sp³-hybridized carbons (Fsp3) is 0.632. The van der Waals surface area contributed by atoms with Gasteiger partial charge in [0.25, 0.3) is 5.91 Å². The van der Waals surface area contributed by atoms with E-state index < -0.39 is 12.0 Å². The molecule has 1 N–H and O–H groups in total. The smallest absolute Gasteiger partial charge is 0.323 e. The average molecular weight is 377 g/mol. The van der Waals surface area contributed by atoms with Crippen molar-refractivity contribution < 1.29 is 23.9 Å². The summed E-state index contributed by atoms with van der Waals surface area (Å²) in [5, 5.41) is 8.91. The minimum Gasteiger partial charge on any atom is -0.480 e. The van der Waals surface area contributed by atoms with Gasteiger partial charge < -0.3 is 19.3 Å². The van der Waals surface area contributed by atoms with Crippen LogP contribution in [0, 0.1) is 0 Å². The van der Waals surface area contributed by atoms with Crippen LogP contribution in [0.15, 0.2) is 10.5 Å². The Hall–Kier alpha value is -2.35. The molecule has 2 fully saturated rings. The third-order valence-electron chi connectivity index (χ3n) is 5.36. The maximum absolute atomic E-state index is 12.9. The molecule has 2 aliphatic rings. The number of carbonyl (C=O) groups excluding carboxylic acids is 2. The molecule has 0 bridgehead atoms. The normalized spacial score (nSPS) is 21.1. The van der Waals surface area contributed by atoms with Crippen LogP contribution in [0.5, 0.6) is 0 Å². The second-order valence-corrected chi connectivity index (χ2v) is 7.22. The van der Waals surface area contributed by atoms with E-state index in [1.54, 1.807) is 13.0 Å². The molecule has 0 aromatic carbocycles. The van der Waals surface area contributed by atoms with Gasteiger partial charge in [0.1, 0.15) is 18.3 Å². The second-order valence-electron chi connectivity index (χ2n) is 7.22. The predicted molar refractivity (Wildman–Crippen MR) is 97.3 cm³/mol. The Morgan fingerprint density at radius 1 is 1.22 bits per heavy atom. The minimum atomic E-state index is -1.06. The lowest BCUT2D eigenvalue weighted by atomic mass is 10.1. The molecule has 148 valence electrons. The molecular weight excluding hydrogens is 350 g/mol. The van der Waals surface area contributed by atoms with Crippen molar-refractivity contribution in [3.63, 3.8) is 0 Å². The maximum atomic E-state index is 12.9. The summed E-state index contributed by atoms with van der Waals surface area (Å²) >= 11 is 0. The highest BCUT2D eigenvalue weighted by molar-refractivity contribution is 5.97. The predicted octanol–water partition coefficient (Wildman–Crippen LogP) is 1.20. The van der Waals surface area contributed by atoms with Crippen molar-refractivity contribution in [3.8, 4) is 0 Å². The number of furan rings is 1. The largest absolute Gasteiger partial charge is 0.480 e. The highest BCUT2D eigenvalue weighted by atomic mass is 16.4. The molecule has 3 rings (SSSR count). The molecule has 2 amide bonds. The summed E-state index contributed by atoms with van der Waals surface area (Å²) < 4.78 is 5.83. The number of hydrogen-bond donors (Lipinski definition) is 1. The fourth-order valence-corrected chi connectivity index (χ4v) is 3.86. The zero-order valence-electron chi connectivity index (χ0n) is 15.9. The Kier molecular flexibility index (Phi) is 5.84. The molecule has 2 aliphatic heterocycles. The third kappa shape index (κ3) is 4.16. The first kappa shape index (κ1) is 19.4. The molecule has 0 aliphatic carbocycles. The highest BCUT2D eigenvalue weighted by Gasteiger charge is 2.36. The third-order valence-corrected chi connectivity index (χ3v) is 5.36. The van der Waals surface area contributed by atoms with Crippen molar-refractivity contribution in [1.82, 2.24) is 14.7 Å². The molecule has 1 aromatic heterocycles. The average Bonchev–Trinajstić information content (AvgIpc) is 3.28.